The highest BCUT2D eigenvalue weighted by Gasteiger charge is 2.35. The molecule has 0 saturated carbocycles. The van der Waals surface area contributed by atoms with E-state index in [1.807, 2.05) is 43.1 Å². The van der Waals surface area contributed by atoms with Crippen molar-refractivity contribution in [2.75, 3.05) is 20.7 Å². The van der Waals surface area contributed by atoms with Crippen molar-refractivity contribution in [3.05, 3.63) is 35.7 Å². The van der Waals surface area contributed by atoms with Gasteiger partial charge in [0.25, 0.3) is 0 Å². The topological polar surface area (TPSA) is 102 Å². The minimum atomic E-state index is -0.302. The second-order valence-corrected chi connectivity index (χ2v) is 6.46. The van der Waals surface area contributed by atoms with Gasteiger partial charge < -0.3 is 10.1 Å². The molecular formula is C17H22N6O3. The molecule has 1 saturated heterocycles. The molecule has 1 aromatic carbocycles. The molecule has 1 N–H and O–H groups in total. The number of carbonyl (C=O) groups excluding carboxylic acids is 2. The first-order chi connectivity index (χ1) is 12.5. The van der Waals surface area contributed by atoms with E-state index in [-0.39, 0.29) is 30.4 Å². The fourth-order valence-corrected chi connectivity index (χ4v) is 3.20. The van der Waals surface area contributed by atoms with E-state index in [2.05, 4.69) is 20.8 Å². The summed E-state index contributed by atoms with van der Waals surface area (Å²) in [4.78, 5) is 25.9. The number of methoxy groups -OCH3 is 1. The van der Waals surface area contributed by atoms with Crippen molar-refractivity contribution < 1.29 is 14.3 Å². The third-order valence-corrected chi connectivity index (χ3v) is 4.56. The van der Waals surface area contributed by atoms with Crippen molar-refractivity contribution in [2.45, 2.75) is 31.8 Å². The molecule has 1 amide bonds. The van der Waals surface area contributed by atoms with E-state index < -0.39 is 0 Å². The number of esters is 1. The first-order valence-electron chi connectivity index (χ1n) is 8.39. The number of likely N-dealkylation sites (N-methyl/N-ethyl adjacent to an activating group) is 1. The van der Waals surface area contributed by atoms with Crippen LogP contribution in [0.5, 0.6) is 0 Å². The molecule has 0 bridgehead atoms. The van der Waals surface area contributed by atoms with Crippen LogP contribution in [-0.2, 0) is 20.7 Å². The monoisotopic (exact) mass is 358 g/mol. The largest absolute Gasteiger partial charge is 0.468 e. The van der Waals surface area contributed by atoms with E-state index in [4.69, 9.17) is 4.74 Å². The number of tetrazole rings is 1. The molecule has 1 aromatic heterocycles. The molecule has 9 nitrogen and oxygen atoms in total. The fraction of sp³-hybridized carbons (Fsp3) is 0.471. The third-order valence-electron chi connectivity index (χ3n) is 4.56. The summed E-state index contributed by atoms with van der Waals surface area (Å²) in [6.07, 6.45) is 0.838. The van der Waals surface area contributed by atoms with Gasteiger partial charge in [0.1, 0.15) is 6.04 Å². The SMILES string of the molecule is COC(=O)[C@@H]1C[C@H](NC(=O)Cc2ccc(-n3nnnc3C)cc2)CN1C. The Morgan fingerprint density at radius 2 is 2.04 bits per heavy atom. The van der Waals surface area contributed by atoms with Crippen molar-refractivity contribution in [3.63, 3.8) is 0 Å². The summed E-state index contributed by atoms with van der Waals surface area (Å²) in [6.45, 7) is 2.45. The van der Waals surface area contributed by atoms with Crippen LogP contribution >= 0.6 is 0 Å². The smallest absolute Gasteiger partial charge is 0.323 e. The highest BCUT2D eigenvalue weighted by molar-refractivity contribution is 5.80. The van der Waals surface area contributed by atoms with Gasteiger partial charge in [-0.1, -0.05) is 12.1 Å². The lowest BCUT2D eigenvalue weighted by atomic mass is 10.1. The quantitative estimate of drug-likeness (QED) is 0.743. The van der Waals surface area contributed by atoms with Gasteiger partial charge in [0.2, 0.25) is 5.91 Å². The number of nitrogens with one attached hydrogen (secondary N) is 1. The molecule has 3 rings (SSSR count). The normalized spacial score (nSPS) is 20.1. The zero-order valence-corrected chi connectivity index (χ0v) is 15.0. The molecule has 0 radical (unpaired) electrons. The van der Waals surface area contributed by atoms with Gasteiger partial charge in [-0.05, 0) is 48.5 Å². The number of amides is 1. The first-order valence-corrected chi connectivity index (χ1v) is 8.39. The Morgan fingerprint density at radius 3 is 2.65 bits per heavy atom. The van der Waals surface area contributed by atoms with Gasteiger partial charge in [0, 0.05) is 12.6 Å². The van der Waals surface area contributed by atoms with Crippen LogP contribution < -0.4 is 5.32 Å². The molecule has 0 unspecified atom stereocenters. The number of hydrogen-bond donors (Lipinski definition) is 1. The lowest BCUT2D eigenvalue weighted by Crippen LogP contribution is -2.37. The number of likely N-dealkylation sites (tertiary alicyclic amines) is 1. The summed E-state index contributed by atoms with van der Waals surface area (Å²) in [5.41, 5.74) is 1.74. The van der Waals surface area contributed by atoms with Crippen molar-refractivity contribution >= 4 is 11.9 Å². The van der Waals surface area contributed by atoms with Crippen LogP contribution in [0.3, 0.4) is 0 Å². The molecule has 26 heavy (non-hydrogen) atoms. The highest BCUT2D eigenvalue weighted by atomic mass is 16.5. The van der Waals surface area contributed by atoms with E-state index in [1.165, 1.54) is 7.11 Å². The average molecular weight is 358 g/mol. The standard InChI is InChI=1S/C17H22N6O3/c1-11-19-20-21-23(11)14-6-4-12(5-7-14)8-16(24)18-13-9-15(17(25)26-3)22(2)10-13/h4-7,13,15H,8-10H2,1-3H3,(H,18,24)/t13-,15-/m0/s1. The molecular weight excluding hydrogens is 336 g/mol. The molecule has 9 heteroatoms. The molecule has 0 aliphatic carbocycles. The van der Waals surface area contributed by atoms with Crippen LogP contribution in [-0.4, -0.2) is 69.8 Å². The van der Waals surface area contributed by atoms with Crippen LogP contribution in [0.2, 0.25) is 0 Å². The number of aryl methyl sites for hydroxylation is 1. The van der Waals surface area contributed by atoms with Crippen LogP contribution in [0.1, 0.15) is 17.8 Å². The predicted molar refractivity (Wildman–Crippen MR) is 92.6 cm³/mol. The number of carbonyl (C=O) groups is 2. The number of hydrogen-bond acceptors (Lipinski definition) is 7. The van der Waals surface area contributed by atoms with E-state index >= 15 is 0 Å². The molecule has 0 spiro atoms. The van der Waals surface area contributed by atoms with Crippen LogP contribution in [0.15, 0.2) is 24.3 Å². The Kier molecular flexibility index (Phi) is 5.27. The zero-order valence-electron chi connectivity index (χ0n) is 15.0. The van der Waals surface area contributed by atoms with Crippen molar-refractivity contribution in [3.8, 4) is 5.69 Å². The summed E-state index contributed by atoms with van der Waals surface area (Å²) < 4.78 is 6.42. The Bertz CT molecular complexity index is 788. The minimum Gasteiger partial charge on any atom is -0.468 e. The van der Waals surface area contributed by atoms with Gasteiger partial charge in [-0.15, -0.1) is 5.10 Å². The van der Waals surface area contributed by atoms with Gasteiger partial charge in [-0.2, -0.15) is 4.68 Å². The Morgan fingerprint density at radius 1 is 1.31 bits per heavy atom. The molecule has 2 aromatic rings. The first kappa shape index (κ1) is 18.0. The van der Waals surface area contributed by atoms with E-state index in [1.54, 1.807) is 4.68 Å². The van der Waals surface area contributed by atoms with Crippen molar-refractivity contribution in [1.29, 1.82) is 0 Å². The summed E-state index contributed by atoms with van der Waals surface area (Å²) in [5.74, 6) is 0.360. The molecule has 2 atom stereocenters. The van der Waals surface area contributed by atoms with Crippen LogP contribution in [0.25, 0.3) is 5.69 Å². The maximum absolute atomic E-state index is 12.3. The summed E-state index contributed by atoms with van der Waals surface area (Å²) in [5, 5.41) is 14.4. The number of nitrogens with zero attached hydrogens (tertiary/aromatic N) is 5. The highest BCUT2D eigenvalue weighted by Crippen LogP contribution is 2.17. The summed E-state index contributed by atoms with van der Waals surface area (Å²) in [7, 11) is 3.23. The van der Waals surface area contributed by atoms with Gasteiger partial charge >= 0.3 is 5.97 Å². The van der Waals surface area contributed by atoms with Crippen molar-refractivity contribution in [2.24, 2.45) is 0 Å². The average Bonchev–Trinajstić information content (AvgIpc) is 3.20. The van der Waals surface area contributed by atoms with Crippen LogP contribution in [0, 0.1) is 6.92 Å². The van der Waals surface area contributed by atoms with E-state index in [0.29, 0.717) is 18.8 Å². The number of aromatic nitrogens is 4. The maximum Gasteiger partial charge on any atom is 0.323 e. The lowest BCUT2D eigenvalue weighted by Gasteiger charge is -2.15. The number of ether oxygens (including phenoxy) is 1. The van der Waals surface area contributed by atoms with Gasteiger partial charge in [0.05, 0.1) is 19.2 Å². The summed E-state index contributed by atoms with van der Waals surface area (Å²) >= 11 is 0. The predicted octanol–water partition coefficient (Wildman–Crippen LogP) is -0.125. The number of rotatable bonds is 5. The molecule has 1 aliphatic rings. The van der Waals surface area contributed by atoms with E-state index in [0.717, 1.165) is 11.3 Å². The van der Waals surface area contributed by atoms with Crippen LogP contribution in [0.4, 0.5) is 0 Å². The number of benzene rings is 1. The molecule has 2 heterocycles. The Balaban J connectivity index is 1.56. The second kappa shape index (κ2) is 7.61. The van der Waals surface area contributed by atoms with Gasteiger partial charge in [-0.3, -0.25) is 14.5 Å². The maximum atomic E-state index is 12.3. The fourth-order valence-electron chi connectivity index (χ4n) is 3.20. The third kappa shape index (κ3) is 3.88. The zero-order chi connectivity index (χ0) is 18.7. The lowest BCUT2D eigenvalue weighted by molar-refractivity contribution is -0.145. The van der Waals surface area contributed by atoms with Gasteiger partial charge in [0.15, 0.2) is 5.82 Å². The minimum absolute atomic E-state index is 0.0558. The Hall–Kier alpha value is -2.81. The molecule has 1 aliphatic heterocycles. The molecule has 138 valence electrons. The Labute approximate surface area is 151 Å². The van der Waals surface area contributed by atoms with Gasteiger partial charge in [-0.25, -0.2) is 0 Å². The van der Waals surface area contributed by atoms with E-state index in [9.17, 15) is 9.59 Å². The van der Waals surface area contributed by atoms with Crippen molar-refractivity contribution in [1.82, 2.24) is 30.4 Å². The molecule has 1 fully saturated rings. The summed E-state index contributed by atoms with van der Waals surface area (Å²) in [6, 6.07) is 7.16. The second-order valence-electron chi connectivity index (χ2n) is 6.46.